The molecule has 1 aromatic heterocycles. The van der Waals surface area contributed by atoms with Gasteiger partial charge in [0.05, 0.1) is 12.1 Å². The van der Waals surface area contributed by atoms with Crippen LogP contribution < -0.4 is 4.74 Å². The molecule has 2 nitrogen and oxygen atoms in total. The molecule has 0 radical (unpaired) electrons. The Morgan fingerprint density at radius 3 is 2.95 bits per heavy atom. The van der Waals surface area contributed by atoms with Crippen molar-refractivity contribution in [3.63, 3.8) is 0 Å². The van der Waals surface area contributed by atoms with Crippen molar-refractivity contribution >= 4 is 11.6 Å². The lowest BCUT2D eigenvalue weighted by Crippen LogP contribution is -1.96. The van der Waals surface area contributed by atoms with Crippen LogP contribution >= 0.6 is 11.6 Å². The van der Waals surface area contributed by atoms with Crippen LogP contribution in [0, 0.1) is 18.8 Å². The monoisotopic (exact) mass is 271 g/mol. The fraction of sp³-hybridized carbons (Fsp3) is 0.188. The van der Waals surface area contributed by atoms with E-state index >= 15 is 0 Å². The van der Waals surface area contributed by atoms with Crippen molar-refractivity contribution < 1.29 is 4.74 Å². The average Bonchev–Trinajstić information content (AvgIpc) is 2.43. The Labute approximate surface area is 118 Å². The number of halogens is 1. The van der Waals surface area contributed by atoms with Crippen molar-refractivity contribution in [2.24, 2.45) is 0 Å². The highest BCUT2D eigenvalue weighted by Crippen LogP contribution is 2.13. The third kappa shape index (κ3) is 4.31. The first kappa shape index (κ1) is 13.5. The molecule has 19 heavy (non-hydrogen) atoms. The van der Waals surface area contributed by atoms with E-state index in [4.69, 9.17) is 16.3 Å². The van der Waals surface area contributed by atoms with Gasteiger partial charge in [-0.1, -0.05) is 41.7 Å². The fourth-order valence-corrected chi connectivity index (χ4v) is 1.74. The summed E-state index contributed by atoms with van der Waals surface area (Å²) in [6.07, 6.45) is 3.38. The summed E-state index contributed by atoms with van der Waals surface area (Å²) in [6, 6.07) is 10.1. The number of pyridine rings is 1. The maximum absolute atomic E-state index is 5.70. The lowest BCUT2D eigenvalue weighted by Gasteiger charge is -2.06. The molecule has 3 heteroatoms. The molecule has 0 amide bonds. The van der Waals surface area contributed by atoms with Gasteiger partial charge in [-0.05, 0) is 18.6 Å². The van der Waals surface area contributed by atoms with Crippen LogP contribution in [0.4, 0.5) is 0 Å². The van der Waals surface area contributed by atoms with E-state index in [0.717, 1.165) is 11.1 Å². The molecular formula is C16H14ClNO. The van der Waals surface area contributed by atoms with E-state index in [1.54, 1.807) is 12.4 Å². The maximum atomic E-state index is 5.70. The Morgan fingerprint density at radius 1 is 1.26 bits per heavy atom. The van der Waals surface area contributed by atoms with E-state index in [1.807, 2.05) is 18.2 Å². The molecule has 1 aromatic carbocycles. The molecule has 0 saturated carbocycles. The van der Waals surface area contributed by atoms with Gasteiger partial charge < -0.3 is 4.74 Å². The molecule has 0 unspecified atom stereocenters. The molecule has 0 aliphatic rings. The normalized spacial score (nSPS) is 9.58. The molecule has 2 aromatic rings. The van der Waals surface area contributed by atoms with E-state index in [2.05, 4.69) is 35.9 Å². The van der Waals surface area contributed by atoms with Gasteiger partial charge in [0, 0.05) is 11.8 Å². The number of benzene rings is 1. The van der Waals surface area contributed by atoms with Crippen LogP contribution in [-0.2, 0) is 6.61 Å². The molecule has 0 fully saturated rings. The molecule has 0 atom stereocenters. The number of hydrogen-bond acceptors (Lipinski definition) is 2. The summed E-state index contributed by atoms with van der Waals surface area (Å²) in [5, 5.41) is 0. The highest BCUT2D eigenvalue weighted by Gasteiger charge is 1.98. The van der Waals surface area contributed by atoms with Crippen molar-refractivity contribution in [1.82, 2.24) is 4.98 Å². The number of rotatable bonds is 3. The van der Waals surface area contributed by atoms with Crippen molar-refractivity contribution in [2.45, 2.75) is 13.5 Å². The third-order valence-electron chi connectivity index (χ3n) is 2.50. The van der Waals surface area contributed by atoms with Crippen molar-refractivity contribution in [1.29, 1.82) is 0 Å². The summed E-state index contributed by atoms with van der Waals surface area (Å²) in [7, 11) is 0. The van der Waals surface area contributed by atoms with Crippen LogP contribution in [0.15, 0.2) is 42.7 Å². The third-order valence-corrected chi connectivity index (χ3v) is 2.63. The number of aromatic nitrogens is 1. The standard InChI is InChI=1S/C16H14ClNO/c1-13-4-2-5-15(8-13)12-19-16-9-14(6-3-7-17)10-18-11-16/h2,4-5,8-11H,7,12H2,1H3. The molecule has 1 heterocycles. The largest absolute Gasteiger partial charge is 0.487 e. The zero-order chi connectivity index (χ0) is 13.5. The average molecular weight is 272 g/mol. The highest BCUT2D eigenvalue weighted by atomic mass is 35.5. The quantitative estimate of drug-likeness (QED) is 0.629. The predicted octanol–water partition coefficient (Wildman–Crippen LogP) is 3.56. The van der Waals surface area contributed by atoms with E-state index in [1.165, 1.54) is 5.56 Å². The van der Waals surface area contributed by atoms with Gasteiger partial charge in [0.25, 0.3) is 0 Å². The van der Waals surface area contributed by atoms with Crippen LogP contribution in [0.5, 0.6) is 5.75 Å². The predicted molar refractivity (Wildman–Crippen MR) is 77.3 cm³/mol. The fourth-order valence-electron chi connectivity index (χ4n) is 1.67. The minimum atomic E-state index is 0.314. The summed E-state index contributed by atoms with van der Waals surface area (Å²) in [6.45, 7) is 2.59. The van der Waals surface area contributed by atoms with Crippen LogP contribution in [-0.4, -0.2) is 10.9 Å². The van der Waals surface area contributed by atoms with Crippen molar-refractivity contribution in [2.75, 3.05) is 5.88 Å². The van der Waals surface area contributed by atoms with E-state index < -0.39 is 0 Å². The molecule has 96 valence electrons. The Hall–Kier alpha value is -1.98. The summed E-state index contributed by atoms with van der Waals surface area (Å²) >= 11 is 5.52. The topological polar surface area (TPSA) is 22.1 Å². The van der Waals surface area contributed by atoms with Crippen LogP contribution in [0.2, 0.25) is 0 Å². The summed E-state index contributed by atoms with van der Waals surface area (Å²) in [4.78, 5) is 4.10. The number of aryl methyl sites for hydroxylation is 1. The van der Waals surface area contributed by atoms with E-state index in [0.29, 0.717) is 18.2 Å². The highest BCUT2D eigenvalue weighted by molar-refractivity contribution is 6.19. The SMILES string of the molecule is Cc1cccc(COc2cncc(C#CCCl)c2)c1. The zero-order valence-electron chi connectivity index (χ0n) is 10.7. The Morgan fingerprint density at radius 2 is 2.16 bits per heavy atom. The van der Waals surface area contributed by atoms with Crippen LogP contribution in [0.25, 0.3) is 0 Å². The van der Waals surface area contributed by atoms with E-state index in [9.17, 15) is 0 Å². The number of ether oxygens (including phenoxy) is 1. The minimum absolute atomic E-state index is 0.314. The lowest BCUT2D eigenvalue weighted by molar-refractivity contribution is 0.305. The Kier molecular flexibility index (Phi) is 4.83. The molecule has 0 aliphatic carbocycles. The van der Waals surface area contributed by atoms with Crippen molar-refractivity contribution in [3.05, 3.63) is 59.4 Å². The summed E-state index contributed by atoms with van der Waals surface area (Å²) in [5.74, 6) is 6.74. The molecule has 0 N–H and O–H groups in total. The minimum Gasteiger partial charge on any atom is -0.487 e. The van der Waals surface area contributed by atoms with E-state index in [-0.39, 0.29) is 0 Å². The van der Waals surface area contributed by atoms with Gasteiger partial charge in [-0.3, -0.25) is 4.98 Å². The molecule has 0 aliphatic heterocycles. The summed E-state index contributed by atoms with van der Waals surface area (Å²) in [5.41, 5.74) is 3.17. The van der Waals surface area contributed by atoms with Gasteiger partial charge in [-0.15, -0.1) is 11.6 Å². The first-order chi connectivity index (χ1) is 9.28. The molecule has 0 spiro atoms. The van der Waals surface area contributed by atoms with Gasteiger partial charge in [0.1, 0.15) is 12.4 Å². The lowest BCUT2D eigenvalue weighted by atomic mass is 10.1. The van der Waals surface area contributed by atoms with Gasteiger partial charge >= 0.3 is 0 Å². The smallest absolute Gasteiger partial charge is 0.139 e. The number of nitrogens with zero attached hydrogens (tertiary/aromatic N) is 1. The zero-order valence-corrected chi connectivity index (χ0v) is 11.4. The van der Waals surface area contributed by atoms with Gasteiger partial charge in [0.2, 0.25) is 0 Å². The van der Waals surface area contributed by atoms with Crippen LogP contribution in [0.1, 0.15) is 16.7 Å². The number of hydrogen-bond donors (Lipinski definition) is 0. The molecule has 2 rings (SSSR count). The summed E-state index contributed by atoms with van der Waals surface area (Å²) < 4.78 is 5.70. The molecular weight excluding hydrogens is 258 g/mol. The molecule has 0 saturated heterocycles. The first-order valence-electron chi connectivity index (χ1n) is 5.96. The Balaban J connectivity index is 2.03. The second-order valence-corrected chi connectivity index (χ2v) is 4.39. The Bertz CT molecular complexity index is 613. The first-order valence-corrected chi connectivity index (χ1v) is 6.49. The number of alkyl halides is 1. The molecule has 0 bridgehead atoms. The van der Waals surface area contributed by atoms with Gasteiger partial charge in [-0.2, -0.15) is 0 Å². The van der Waals surface area contributed by atoms with Crippen molar-refractivity contribution in [3.8, 4) is 17.6 Å². The second-order valence-electron chi connectivity index (χ2n) is 4.12. The van der Waals surface area contributed by atoms with Crippen LogP contribution in [0.3, 0.4) is 0 Å². The second kappa shape index (κ2) is 6.82. The van der Waals surface area contributed by atoms with Gasteiger partial charge in [0.15, 0.2) is 0 Å². The van der Waals surface area contributed by atoms with Gasteiger partial charge in [-0.25, -0.2) is 0 Å². The maximum Gasteiger partial charge on any atom is 0.139 e.